The van der Waals surface area contributed by atoms with Gasteiger partial charge in [0.15, 0.2) is 16.6 Å². The van der Waals surface area contributed by atoms with Crippen LogP contribution in [0.3, 0.4) is 0 Å². The molecule has 5 nitrogen and oxygen atoms in total. The molecule has 0 radical (unpaired) electrons. The molecule has 0 amide bonds. The smallest absolute Gasteiger partial charge is 0.231 e. The average molecular weight is 562 g/mol. The van der Waals surface area contributed by atoms with Gasteiger partial charge in [-0.2, -0.15) is 0 Å². The number of benzene rings is 3. The third kappa shape index (κ3) is 5.37. The summed E-state index contributed by atoms with van der Waals surface area (Å²) in [6.45, 7) is 4.88. The quantitative estimate of drug-likeness (QED) is 0.256. The minimum atomic E-state index is 0.284. The maximum atomic E-state index is 6.17. The molecule has 0 atom stereocenters. The highest BCUT2D eigenvalue weighted by Gasteiger charge is 2.26. The van der Waals surface area contributed by atoms with Gasteiger partial charge in [0.25, 0.3) is 0 Å². The van der Waals surface area contributed by atoms with Crippen LogP contribution in [0.4, 0.5) is 0 Å². The summed E-state index contributed by atoms with van der Waals surface area (Å²) < 4.78 is 10.9. The lowest BCUT2D eigenvalue weighted by atomic mass is 9.97. The number of thiazole rings is 1. The van der Waals surface area contributed by atoms with Crippen LogP contribution in [0.1, 0.15) is 34.9 Å². The Morgan fingerprint density at radius 1 is 1.00 bits per heavy atom. The van der Waals surface area contributed by atoms with Crippen LogP contribution < -0.4 is 14.8 Å². The molecule has 0 unspecified atom stereocenters. The lowest BCUT2D eigenvalue weighted by Gasteiger charge is -2.33. The van der Waals surface area contributed by atoms with E-state index in [2.05, 4.69) is 53.5 Å². The molecule has 38 heavy (non-hydrogen) atoms. The number of rotatable bonds is 5. The first-order valence-corrected chi connectivity index (χ1v) is 14.4. The first-order valence-electron chi connectivity index (χ1n) is 12.8. The van der Waals surface area contributed by atoms with E-state index in [1.165, 1.54) is 21.0 Å². The molecule has 3 aromatic carbocycles. The molecule has 1 aromatic heterocycles. The van der Waals surface area contributed by atoms with Gasteiger partial charge < -0.3 is 19.7 Å². The van der Waals surface area contributed by atoms with E-state index in [1.807, 2.05) is 41.7 Å². The number of likely N-dealkylation sites (tertiary alicyclic amines) is 1. The Morgan fingerprint density at radius 2 is 1.71 bits per heavy atom. The average Bonchev–Trinajstić information content (AvgIpc) is 3.60. The maximum absolute atomic E-state index is 6.17. The van der Waals surface area contributed by atoms with E-state index in [4.69, 9.17) is 38.3 Å². The van der Waals surface area contributed by atoms with Crippen LogP contribution in [0, 0.1) is 6.92 Å². The monoisotopic (exact) mass is 561 g/mol. The molecule has 1 saturated heterocycles. The van der Waals surface area contributed by atoms with Gasteiger partial charge in [0, 0.05) is 36.1 Å². The number of nitrogens with one attached hydrogen (secondary N) is 1. The number of hydrogen-bond donors (Lipinski definition) is 1. The predicted molar refractivity (Wildman–Crippen MR) is 158 cm³/mol. The fourth-order valence-electron chi connectivity index (χ4n) is 4.89. The summed E-state index contributed by atoms with van der Waals surface area (Å²) in [4.78, 5) is 8.68. The fraction of sp³-hybridized carbons (Fsp3) is 0.267. The molecule has 0 aliphatic carbocycles. The molecule has 4 aromatic rings. The molecule has 8 heteroatoms. The molecule has 194 valence electrons. The van der Waals surface area contributed by atoms with E-state index in [1.54, 1.807) is 0 Å². The normalized spacial score (nSPS) is 15.1. The summed E-state index contributed by atoms with van der Waals surface area (Å²) >= 11 is 13.7. The summed E-state index contributed by atoms with van der Waals surface area (Å²) in [7, 11) is 0. The van der Waals surface area contributed by atoms with Crippen molar-refractivity contribution in [3.05, 3.63) is 87.9 Å². The van der Waals surface area contributed by atoms with Crippen LogP contribution in [-0.2, 0) is 6.54 Å². The van der Waals surface area contributed by atoms with Gasteiger partial charge in [-0.3, -0.25) is 0 Å². The molecule has 0 bridgehead atoms. The van der Waals surface area contributed by atoms with Crippen molar-refractivity contribution in [2.75, 3.05) is 19.9 Å². The Bertz CT molecular complexity index is 1380. The number of ether oxygens (including phenoxy) is 2. The van der Waals surface area contributed by atoms with E-state index in [-0.39, 0.29) is 6.79 Å². The number of piperidine rings is 1. The topological polar surface area (TPSA) is 46.6 Å². The number of halogens is 1. The number of aromatic nitrogens is 1. The molecule has 6 rings (SSSR count). The highest BCUT2D eigenvalue weighted by Crippen LogP contribution is 2.42. The Kier molecular flexibility index (Phi) is 7.24. The highest BCUT2D eigenvalue weighted by molar-refractivity contribution is 7.80. The summed E-state index contributed by atoms with van der Waals surface area (Å²) in [5, 5.41) is 6.14. The van der Waals surface area contributed by atoms with E-state index in [0.717, 1.165) is 64.4 Å². The lowest BCUT2D eigenvalue weighted by Crippen LogP contribution is -2.43. The molecule has 1 fully saturated rings. The van der Waals surface area contributed by atoms with Crippen molar-refractivity contribution in [2.45, 2.75) is 32.2 Å². The fourth-order valence-corrected chi connectivity index (χ4v) is 6.53. The van der Waals surface area contributed by atoms with Crippen LogP contribution in [-0.4, -0.2) is 34.9 Å². The van der Waals surface area contributed by atoms with Crippen molar-refractivity contribution in [1.29, 1.82) is 0 Å². The van der Waals surface area contributed by atoms with Crippen LogP contribution >= 0.6 is 35.2 Å². The minimum Gasteiger partial charge on any atom is -0.454 e. The number of nitrogens with zero attached hydrogens (tertiary/aromatic N) is 2. The van der Waals surface area contributed by atoms with E-state index < -0.39 is 0 Å². The summed E-state index contributed by atoms with van der Waals surface area (Å²) in [6, 6.07) is 22.7. The van der Waals surface area contributed by atoms with Gasteiger partial charge in [-0.1, -0.05) is 59.6 Å². The van der Waals surface area contributed by atoms with Crippen molar-refractivity contribution in [3.8, 4) is 33.2 Å². The second-order valence-electron chi connectivity index (χ2n) is 9.71. The molecule has 2 aliphatic rings. The van der Waals surface area contributed by atoms with Gasteiger partial charge in [-0.05, 0) is 67.4 Å². The summed E-state index contributed by atoms with van der Waals surface area (Å²) in [5.74, 6) is 2.01. The number of thiocarbonyl (C=S) groups is 1. The molecule has 0 spiro atoms. The number of hydrogen-bond acceptors (Lipinski definition) is 5. The van der Waals surface area contributed by atoms with Gasteiger partial charge in [0.2, 0.25) is 6.79 Å². The van der Waals surface area contributed by atoms with E-state index in [0.29, 0.717) is 12.5 Å². The zero-order valence-corrected chi connectivity index (χ0v) is 23.5. The Balaban J connectivity index is 1.13. The summed E-state index contributed by atoms with van der Waals surface area (Å²) in [5.41, 5.74) is 5.71. The molecule has 2 aliphatic heterocycles. The van der Waals surface area contributed by atoms with Gasteiger partial charge >= 0.3 is 0 Å². The first-order chi connectivity index (χ1) is 18.5. The first kappa shape index (κ1) is 25.2. The largest absolute Gasteiger partial charge is 0.454 e. The lowest BCUT2D eigenvalue weighted by molar-refractivity contribution is 0.174. The molecule has 1 N–H and O–H groups in total. The second kappa shape index (κ2) is 10.9. The van der Waals surface area contributed by atoms with E-state index >= 15 is 0 Å². The van der Waals surface area contributed by atoms with Crippen LogP contribution in [0.15, 0.2) is 66.7 Å². The zero-order chi connectivity index (χ0) is 26.1. The molecule has 3 heterocycles. The molecular weight excluding hydrogens is 534 g/mol. The van der Waals surface area contributed by atoms with Crippen molar-refractivity contribution in [1.82, 2.24) is 15.2 Å². The van der Waals surface area contributed by atoms with Crippen molar-refractivity contribution in [3.63, 3.8) is 0 Å². The second-order valence-corrected chi connectivity index (χ2v) is 11.6. The standard InChI is InChI=1S/C30H28ClN3O2S2/c1-19-2-5-22(6-3-19)28-27(21-7-9-24(31)10-8-21)33-29(38-28)23-12-14-34(15-13-23)30(37)32-17-20-4-11-25-26(16-20)36-18-35-25/h2-11,16,23H,12-15,17-18H2,1H3,(H,32,37). The van der Waals surface area contributed by atoms with Crippen molar-refractivity contribution in [2.24, 2.45) is 0 Å². The third-order valence-corrected chi connectivity index (χ3v) is 9.01. The van der Waals surface area contributed by atoms with Gasteiger partial charge in [0.1, 0.15) is 0 Å². The minimum absolute atomic E-state index is 0.284. The van der Waals surface area contributed by atoms with E-state index in [9.17, 15) is 0 Å². The summed E-state index contributed by atoms with van der Waals surface area (Å²) in [6.07, 6.45) is 2.04. The number of aryl methyl sites for hydroxylation is 1. The highest BCUT2D eigenvalue weighted by atomic mass is 35.5. The SMILES string of the molecule is Cc1ccc(-c2sc(C3CCN(C(=S)NCc4ccc5c(c4)OCO5)CC3)nc2-c2ccc(Cl)cc2)cc1. The Morgan fingerprint density at radius 3 is 2.47 bits per heavy atom. The maximum Gasteiger partial charge on any atom is 0.231 e. The van der Waals surface area contributed by atoms with Gasteiger partial charge in [0.05, 0.1) is 15.6 Å². The van der Waals surface area contributed by atoms with Gasteiger partial charge in [-0.25, -0.2) is 4.98 Å². The third-order valence-electron chi connectivity index (χ3n) is 7.09. The predicted octanol–water partition coefficient (Wildman–Crippen LogP) is 7.42. The Labute approximate surface area is 237 Å². The molecule has 0 saturated carbocycles. The van der Waals surface area contributed by atoms with Crippen molar-refractivity contribution >= 4 is 40.3 Å². The van der Waals surface area contributed by atoms with Crippen molar-refractivity contribution < 1.29 is 9.47 Å². The van der Waals surface area contributed by atoms with Crippen LogP contribution in [0.5, 0.6) is 11.5 Å². The van der Waals surface area contributed by atoms with Crippen LogP contribution in [0.2, 0.25) is 5.02 Å². The Hall–Kier alpha value is -3.13. The van der Waals surface area contributed by atoms with Gasteiger partial charge in [-0.15, -0.1) is 11.3 Å². The number of fused-ring (bicyclic) bond motifs is 1. The molecular formula is C30H28ClN3O2S2. The zero-order valence-electron chi connectivity index (χ0n) is 21.1. The van der Waals surface area contributed by atoms with Crippen LogP contribution in [0.25, 0.3) is 21.7 Å².